The van der Waals surface area contributed by atoms with Crippen LogP contribution in [0, 0.1) is 0 Å². The predicted octanol–water partition coefficient (Wildman–Crippen LogP) is 1.12. The van der Waals surface area contributed by atoms with E-state index in [1.165, 1.54) is 0 Å². The molecule has 15 heavy (non-hydrogen) atoms. The molecule has 1 N–H and O–H groups in total. The molecule has 1 amide bonds. The number of hydrogen-bond acceptors (Lipinski definition) is 3. The van der Waals surface area contributed by atoms with E-state index in [0.717, 1.165) is 5.56 Å². The average Bonchev–Trinajstić information content (AvgIpc) is 2.27. The van der Waals surface area contributed by atoms with Crippen LogP contribution in [0.25, 0.3) is 0 Å². The van der Waals surface area contributed by atoms with Crippen molar-refractivity contribution in [2.75, 3.05) is 6.61 Å². The van der Waals surface area contributed by atoms with E-state index >= 15 is 0 Å². The molecule has 1 heterocycles. The molecule has 82 valence electrons. The number of nitrogens with one attached hydrogen (secondary N) is 1. The Morgan fingerprint density at radius 3 is 3.07 bits per heavy atom. The maximum Gasteiger partial charge on any atom is 0.249 e. The molecule has 1 rings (SSSR count). The third-order valence-corrected chi connectivity index (χ3v) is 1.98. The van der Waals surface area contributed by atoms with Crippen LogP contribution in [-0.2, 0) is 16.1 Å². The summed E-state index contributed by atoms with van der Waals surface area (Å²) in [5.74, 6) is -0.0966. The standard InChI is InChI=1S/C11H16N2O2/c1-3-15-9(2)11(14)13-8-10-5-4-6-12-7-10/h4-7,9H,3,8H2,1-2H3,(H,13,14)/t9-/m1/s1. The highest BCUT2D eigenvalue weighted by Crippen LogP contribution is 1.96. The van der Waals surface area contributed by atoms with Crippen LogP contribution in [0.3, 0.4) is 0 Å². The van der Waals surface area contributed by atoms with Crippen molar-refractivity contribution in [2.45, 2.75) is 26.5 Å². The van der Waals surface area contributed by atoms with Gasteiger partial charge in [-0.2, -0.15) is 0 Å². The molecule has 0 aromatic carbocycles. The van der Waals surface area contributed by atoms with Gasteiger partial charge in [-0.3, -0.25) is 9.78 Å². The van der Waals surface area contributed by atoms with Crippen LogP contribution in [-0.4, -0.2) is 23.6 Å². The minimum absolute atomic E-state index is 0.0966. The maximum absolute atomic E-state index is 11.4. The van der Waals surface area contributed by atoms with Crippen molar-refractivity contribution in [1.82, 2.24) is 10.3 Å². The van der Waals surface area contributed by atoms with E-state index in [4.69, 9.17) is 4.74 Å². The molecule has 0 aliphatic carbocycles. The molecule has 0 fully saturated rings. The Morgan fingerprint density at radius 1 is 1.67 bits per heavy atom. The average molecular weight is 208 g/mol. The minimum atomic E-state index is -0.397. The minimum Gasteiger partial charge on any atom is -0.369 e. The van der Waals surface area contributed by atoms with E-state index < -0.39 is 6.10 Å². The molecule has 0 aliphatic rings. The Hall–Kier alpha value is -1.42. The zero-order chi connectivity index (χ0) is 11.1. The lowest BCUT2D eigenvalue weighted by Crippen LogP contribution is -2.34. The molecule has 4 nitrogen and oxygen atoms in total. The van der Waals surface area contributed by atoms with Gasteiger partial charge in [-0.1, -0.05) is 6.07 Å². The smallest absolute Gasteiger partial charge is 0.249 e. The van der Waals surface area contributed by atoms with Crippen molar-refractivity contribution >= 4 is 5.91 Å². The molecule has 0 saturated heterocycles. The highest BCUT2D eigenvalue weighted by atomic mass is 16.5. The second kappa shape index (κ2) is 6.14. The van der Waals surface area contributed by atoms with E-state index in [9.17, 15) is 4.79 Å². The SMILES string of the molecule is CCO[C@H](C)C(=O)NCc1cccnc1. The van der Waals surface area contributed by atoms with Crippen LogP contribution < -0.4 is 5.32 Å². The van der Waals surface area contributed by atoms with Crippen LogP contribution in [0.4, 0.5) is 0 Å². The van der Waals surface area contributed by atoms with Gasteiger partial charge >= 0.3 is 0 Å². The van der Waals surface area contributed by atoms with Gasteiger partial charge in [-0.15, -0.1) is 0 Å². The summed E-state index contributed by atoms with van der Waals surface area (Å²) in [6.07, 6.45) is 3.03. The van der Waals surface area contributed by atoms with Crippen molar-refractivity contribution in [1.29, 1.82) is 0 Å². The topological polar surface area (TPSA) is 51.2 Å². The number of aromatic nitrogens is 1. The number of hydrogen-bond donors (Lipinski definition) is 1. The quantitative estimate of drug-likeness (QED) is 0.789. The van der Waals surface area contributed by atoms with Crippen LogP contribution >= 0.6 is 0 Å². The monoisotopic (exact) mass is 208 g/mol. The Bertz CT molecular complexity index is 301. The molecular formula is C11H16N2O2. The molecule has 0 aliphatic heterocycles. The molecule has 1 aromatic heterocycles. The predicted molar refractivity (Wildman–Crippen MR) is 57.2 cm³/mol. The Balaban J connectivity index is 2.34. The largest absolute Gasteiger partial charge is 0.369 e. The summed E-state index contributed by atoms with van der Waals surface area (Å²) in [6, 6.07) is 3.76. The van der Waals surface area contributed by atoms with Gasteiger partial charge in [0.1, 0.15) is 6.10 Å². The molecule has 0 unspecified atom stereocenters. The van der Waals surface area contributed by atoms with Crippen molar-refractivity contribution in [3.63, 3.8) is 0 Å². The van der Waals surface area contributed by atoms with Gasteiger partial charge in [0.15, 0.2) is 0 Å². The van der Waals surface area contributed by atoms with E-state index in [1.54, 1.807) is 19.3 Å². The van der Waals surface area contributed by atoms with Crippen LogP contribution in [0.5, 0.6) is 0 Å². The second-order valence-corrected chi connectivity index (χ2v) is 3.18. The van der Waals surface area contributed by atoms with Gasteiger partial charge < -0.3 is 10.1 Å². The van der Waals surface area contributed by atoms with Crippen LogP contribution in [0.2, 0.25) is 0 Å². The number of nitrogens with zero attached hydrogens (tertiary/aromatic N) is 1. The van der Waals surface area contributed by atoms with Gasteiger partial charge in [-0.05, 0) is 25.5 Å². The van der Waals surface area contributed by atoms with Crippen LogP contribution in [0.15, 0.2) is 24.5 Å². The zero-order valence-corrected chi connectivity index (χ0v) is 9.06. The third kappa shape index (κ3) is 4.08. The fraction of sp³-hybridized carbons (Fsp3) is 0.455. The number of amides is 1. The van der Waals surface area contributed by atoms with Crippen molar-refractivity contribution in [3.8, 4) is 0 Å². The zero-order valence-electron chi connectivity index (χ0n) is 9.06. The maximum atomic E-state index is 11.4. The van der Waals surface area contributed by atoms with Gasteiger partial charge in [0.2, 0.25) is 5.91 Å². The van der Waals surface area contributed by atoms with Gasteiger partial charge in [-0.25, -0.2) is 0 Å². The van der Waals surface area contributed by atoms with Gasteiger partial charge in [0, 0.05) is 25.5 Å². The molecule has 0 radical (unpaired) electrons. The lowest BCUT2D eigenvalue weighted by molar-refractivity contribution is -0.131. The summed E-state index contributed by atoms with van der Waals surface area (Å²) in [5, 5.41) is 2.78. The normalized spacial score (nSPS) is 12.1. The second-order valence-electron chi connectivity index (χ2n) is 3.18. The number of carbonyl (C=O) groups is 1. The summed E-state index contributed by atoms with van der Waals surface area (Å²) in [7, 11) is 0. The lowest BCUT2D eigenvalue weighted by Gasteiger charge is -2.11. The number of carbonyl (C=O) groups excluding carboxylic acids is 1. The fourth-order valence-electron chi connectivity index (χ4n) is 1.16. The van der Waals surface area contributed by atoms with Crippen LogP contribution in [0.1, 0.15) is 19.4 Å². The van der Waals surface area contributed by atoms with Crippen molar-refractivity contribution in [3.05, 3.63) is 30.1 Å². The van der Waals surface area contributed by atoms with E-state index in [1.807, 2.05) is 19.1 Å². The van der Waals surface area contributed by atoms with E-state index in [-0.39, 0.29) is 5.91 Å². The number of rotatable bonds is 5. The van der Waals surface area contributed by atoms with E-state index in [2.05, 4.69) is 10.3 Å². The fourth-order valence-corrected chi connectivity index (χ4v) is 1.16. The lowest BCUT2D eigenvalue weighted by atomic mass is 10.3. The molecule has 0 spiro atoms. The molecular weight excluding hydrogens is 192 g/mol. The first-order chi connectivity index (χ1) is 7.24. The Kier molecular flexibility index (Phi) is 4.77. The summed E-state index contributed by atoms with van der Waals surface area (Å²) < 4.78 is 5.16. The molecule has 1 atom stereocenters. The molecule has 1 aromatic rings. The van der Waals surface area contributed by atoms with Gasteiger partial charge in [0.05, 0.1) is 0 Å². The molecule has 0 saturated carbocycles. The first kappa shape index (κ1) is 11.7. The van der Waals surface area contributed by atoms with Crippen molar-refractivity contribution in [2.24, 2.45) is 0 Å². The van der Waals surface area contributed by atoms with Gasteiger partial charge in [0.25, 0.3) is 0 Å². The summed E-state index contributed by atoms with van der Waals surface area (Å²) in [4.78, 5) is 15.4. The third-order valence-electron chi connectivity index (χ3n) is 1.98. The first-order valence-corrected chi connectivity index (χ1v) is 5.02. The van der Waals surface area contributed by atoms with Crippen molar-refractivity contribution < 1.29 is 9.53 Å². The summed E-state index contributed by atoms with van der Waals surface area (Å²) in [5.41, 5.74) is 0.981. The highest BCUT2D eigenvalue weighted by molar-refractivity contribution is 5.80. The number of pyridine rings is 1. The summed E-state index contributed by atoms with van der Waals surface area (Å²) in [6.45, 7) is 4.64. The first-order valence-electron chi connectivity index (χ1n) is 5.02. The Morgan fingerprint density at radius 2 is 2.47 bits per heavy atom. The highest BCUT2D eigenvalue weighted by Gasteiger charge is 2.11. The molecule has 0 bridgehead atoms. The molecule has 4 heteroatoms. The summed E-state index contributed by atoms with van der Waals surface area (Å²) >= 11 is 0. The Labute approximate surface area is 89.7 Å². The van der Waals surface area contributed by atoms with E-state index in [0.29, 0.717) is 13.2 Å². The number of ether oxygens (including phenoxy) is 1.